The molecule has 18 heavy (non-hydrogen) atoms. The van der Waals surface area contributed by atoms with Gasteiger partial charge >= 0.3 is 5.97 Å². The maximum Gasteiger partial charge on any atom is 0.305 e. The molecule has 0 aromatic carbocycles. The van der Waals surface area contributed by atoms with Crippen molar-refractivity contribution in [1.29, 1.82) is 0 Å². The van der Waals surface area contributed by atoms with Crippen molar-refractivity contribution in [3.63, 3.8) is 0 Å². The van der Waals surface area contributed by atoms with E-state index in [0.29, 0.717) is 13.0 Å². The third-order valence-electron chi connectivity index (χ3n) is 4.60. The van der Waals surface area contributed by atoms with Gasteiger partial charge in [0.25, 0.3) is 0 Å². The standard InChI is InChI=1S/C16H28O2/c1-13-9-10-18-16(17)8-6-4-2-3-5-7-14-12-15(14)11-13/h13-15H,2-12H2,1H3/t13?,14-,15+/m0/s1. The first-order chi connectivity index (χ1) is 8.75. The monoisotopic (exact) mass is 252 g/mol. The van der Waals surface area contributed by atoms with Gasteiger partial charge in [0.2, 0.25) is 0 Å². The van der Waals surface area contributed by atoms with Crippen LogP contribution < -0.4 is 0 Å². The second-order valence-corrected chi connectivity index (χ2v) is 6.41. The van der Waals surface area contributed by atoms with Crippen LogP contribution in [0.25, 0.3) is 0 Å². The van der Waals surface area contributed by atoms with Gasteiger partial charge < -0.3 is 4.74 Å². The Labute approximate surface area is 111 Å². The minimum atomic E-state index is 0.0152. The fraction of sp³-hybridized carbons (Fsp3) is 0.938. The molecule has 0 amide bonds. The number of cyclic esters (lactones) is 1. The Bertz CT molecular complexity index is 262. The molecule has 1 heterocycles. The fourth-order valence-electron chi connectivity index (χ4n) is 3.24. The number of carbonyl (C=O) groups is 1. The Kier molecular flexibility index (Phi) is 5.52. The van der Waals surface area contributed by atoms with Crippen LogP contribution in [0.3, 0.4) is 0 Å². The van der Waals surface area contributed by atoms with Gasteiger partial charge in [-0.2, -0.15) is 0 Å². The zero-order valence-electron chi connectivity index (χ0n) is 11.8. The number of ether oxygens (including phenoxy) is 1. The van der Waals surface area contributed by atoms with Gasteiger partial charge in [0.1, 0.15) is 0 Å². The highest BCUT2D eigenvalue weighted by Crippen LogP contribution is 2.46. The second kappa shape index (κ2) is 7.16. The summed E-state index contributed by atoms with van der Waals surface area (Å²) in [5, 5.41) is 0. The van der Waals surface area contributed by atoms with E-state index >= 15 is 0 Å². The van der Waals surface area contributed by atoms with E-state index < -0.39 is 0 Å². The number of fused-ring (bicyclic) bond motifs is 1. The molecule has 0 aromatic rings. The summed E-state index contributed by atoms with van der Waals surface area (Å²) in [5.74, 6) is 2.75. The van der Waals surface area contributed by atoms with Crippen molar-refractivity contribution in [2.75, 3.05) is 6.61 Å². The molecular formula is C16H28O2. The summed E-state index contributed by atoms with van der Waals surface area (Å²) in [6.07, 6.45) is 12.2. The lowest BCUT2D eigenvalue weighted by atomic mass is 9.99. The molecule has 0 N–H and O–H groups in total. The molecule has 2 rings (SSSR count). The van der Waals surface area contributed by atoms with Crippen LogP contribution in [0.5, 0.6) is 0 Å². The molecule has 2 fully saturated rings. The summed E-state index contributed by atoms with van der Waals surface area (Å²) in [5.41, 5.74) is 0. The normalized spacial score (nSPS) is 35.8. The van der Waals surface area contributed by atoms with Crippen LogP contribution in [-0.4, -0.2) is 12.6 Å². The molecule has 1 unspecified atom stereocenters. The number of hydrogen-bond acceptors (Lipinski definition) is 2. The van der Waals surface area contributed by atoms with E-state index in [-0.39, 0.29) is 5.97 Å². The number of carbonyl (C=O) groups excluding carboxylic acids is 1. The summed E-state index contributed by atoms with van der Waals surface area (Å²) in [7, 11) is 0. The first kappa shape index (κ1) is 13.9. The quantitative estimate of drug-likeness (QED) is 0.600. The molecule has 104 valence electrons. The van der Waals surface area contributed by atoms with Gasteiger partial charge in [-0.3, -0.25) is 4.79 Å². The van der Waals surface area contributed by atoms with Crippen molar-refractivity contribution in [2.45, 2.75) is 71.1 Å². The van der Waals surface area contributed by atoms with Gasteiger partial charge in [0, 0.05) is 6.42 Å². The molecule has 0 spiro atoms. The van der Waals surface area contributed by atoms with E-state index in [4.69, 9.17) is 4.74 Å². The topological polar surface area (TPSA) is 26.3 Å². The SMILES string of the molecule is CC1CCOC(=O)CCCCCCC[C@H]2C[C@H]2C1. The van der Waals surface area contributed by atoms with Crippen LogP contribution in [0.2, 0.25) is 0 Å². The lowest BCUT2D eigenvalue weighted by Crippen LogP contribution is -2.09. The summed E-state index contributed by atoms with van der Waals surface area (Å²) in [4.78, 5) is 11.5. The van der Waals surface area contributed by atoms with Crippen molar-refractivity contribution in [1.82, 2.24) is 0 Å². The van der Waals surface area contributed by atoms with E-state index in [1.807, 2.05) is 0 Å². The van der Waals surface area contributed by atoms with Gasteiger partial charge in [-0.1, -0.05) is 39.0 Å². The maximum absolute atomic E-state index is 11.5. The number of hydrogen-bond donors (Lipinski definition) is 0. The average molecular weight is 252 g/mol. The maximum atomic E-state index is 11.5. The molecule has 1 saturated carbocycles. The smallest absolute Gasteiger partial charge is 0.305 e. The van der Waals surface area contributed by atoms with Crippen LogP contribution in [0, 0.1) is 17.8 Å². The third-order valence-corrected chi connectivity index (χ3v) is 4.60. The summed E-state index contributed by atoms with van der Waals surface area (Å²) < 4.78 is 5.30. The third kappa shape index (κ3) is 4.99. The Hall–Kier alpha value is -0.530. The average Bonchev–Trinajstić information content (AvgIpc) is 3.05. The number of rotatable bonds is 0. The Morgan fingerprint density at radius 2 is 1.72 bits per heavy atom. The molecule has 1 aliphatic heterocycles. The summed E-state index contributed by atoms with van der Waals surface area (Å²) >= 11 is 0. The molecule has 2 aliphatic rings. The first-order valence-corrected chi connectivity index (χ1v) is 7.91. The number of esters is 1. The summed E-state index contributed by atoms with van der Waals surface area (Å²) in [6.45, 7) is 2.94. The van der Waals surface area contributed by atoms with Gasteiger partial charge in [0.15, 0.2) is 0 Å². The van der Waals surface area contributed by atoms with Crippen molar-refractivity contribution < 1.29 is 9.53 Å². The largest absolute Gasteiger partial charge is 0.466 e. The van der Waals surface area contributed by atoms with Crippen LogP contribution in [-0.2, 0) is 9.53 Å². The van der Waals surface area contributed by atoms with Crippen molar-refractivity contribution >= 4 is 5.97 Å². The van der Waals surface area contributed by atoms with E-state index in [1.54, 1.807) is 0 Å². The van der Waals surface area contributed by atoms with E-state index in [0.717, 1.165) is 30.6 Å². The van der Waals surface area contributed by atoms with Crippen LogP contribution in [0.1, 0.15) is 71.1 Å². The van der Waals surface area contributed by atoms with E-state index in [9.17, 15) is 4.79 Å². The van der Waals surface area contributed by atoms with Crippen LogP contribution in [0.15, 0.2) is 0 Å². The van der Waals surface area contributed by atoms with Gasteiger partial charge in [0.05, 0.1) is 6.61 Å². The molecule has 3 atom stereocenters. The predicted octanol–water partition coefficient (Wildman–Crippen LogP) is 4.33. The molecule has 2 heteroatoms. The second-order valence-electron chi connectivity index (χ2n) is 6.41. The van der Waals surface area contributed by atoms with Gasteiger partial charge in [-0.15, -0.1) is 0 Å². The van der Waals surface area contributed by atoms with Crippen LogP contribution >= 0.6 is 0 Å². The molecule has 1 saturated heterocycles. The minimum absolute atomic E-state index is 0.0152. The van der Waals surface area contributed by atoms with Crippen molar-refractivity contribution in [2.24, 2.45) is 17.8 Å². The van der Waals surface area contributed by atoms with Crippen LogP contribution in [0.4, 0.5) is 0 Å². The Balaban J connectivity index is 1.73. The molecule has 0 aromatic heterocycles. The highest BCUT2D eigenvalue weighted by atomic mass is 16.5. The van der Waals surface area contributed by atoms with Crippen molar-refractivity contribution in [3.05, 3.63) is 0 Å². The zero-order chi connectivity index (χ0) is 12.8. The van der Waals surface area contributed by atoms with Gasteiger partial charge in [-0.25, -0.2) is 0 Å². The Morgan fingerprint density at radius 1 is 0.944 bits per heavy atom. The Morgan fingerprint density at radius 3 is 2.61 bits per heavy atom. The highest BCUT2D eigenvalue weighted by Gasteiger charge is 2.36. The molecular weight excluding hydrogens is 224 g/mol. The van der Waals surface area contributed by atoms with Gasteiger partial charge in [-0.05, 0) is 43.4 Å². The first-order valence-electron chi connectivity index (χ1n) is 7.91. The van der Waals surface area contributed by atoms with Crippen molar-refractivity contribution in [3.8, 4) is 0 Å². The lowest BCUT2D eigenvalue weighted by Gasteiger charge is -2.11. The molecule has 2 nitrogen and oxygen atoms in total. The van der Waals surface area contributed by atoms with E-state index in [1.165, 1.54) is 44.9 Å². The molecule has 0 bridgehead atoms. The minimum Gasteiger partial charge on any atom is -0.466 e. The summed E-state index contributed by atoms with van der Waals surface area (Å²) in [6, 6.07) is 0. The zero-order valence-corrected chi connectivity index (χ0v) is 11.8. The molecule has 0 radical (unpaired) electrons. The lowest BCUT2D eigenvalue weighted by molar-refractivity contribution is -0.144. The predicted molar refractivity (Wildman–Crippen MR) is 73.3 cm³/mol. The highest BCUT2D eigenvalue weighted by molar-refractivity contribution is 5.69. The fourth-order valence-corrected chi connectivity index (χ4v) is 3.24. The molecule has 1 aliphatic carbocycles. The van der Waals surface area contributed by atoms with E-state index in [2.05, 4.69) is 6.92 Å².